The van der Waals surface area contributed by atoms with Gasteiger partial charge in [0.05, 0.1) is 0 Å². The molecule has 1 rings (SSSR count). The summed E-state index contributed by atoms with van der Waals surface area (Å²) >= 11 is 0. The second-order valence-electron chi connectivity index (χ2n) is 1.71. The molecule has 4 nitrogen and oxygen atoms in total. The highest BCUT2D eigenvalue weighted by Crippen LogP contribution is 2.23. The first kappa shape index (κ1) is 9.58. The monoisotopic (exact) mass is 158 g/mol. The number of phenolic OH excluding ortho intramolecular Hbond substituents is 3. The quantitative estimate of drug-likeness (QED) is 0.441. The predicted molar refractivity (Wildman–Crippen MR) is 39.6 cm³/mol. The van der Waals surface area contributed by atoms with Gasteiger partial charge in [-0.05, 0) is 0 Å². The van der Waals surface area contributed by atoms with Gasteiger partial charge in [0.2, 0.25) is 0 Å². The van der Waals surface area contributed by atoms with Crippen molar-refractivity contribution in [2.75, 3.05) is 7.11 Å². The zero-order valence-corrected chi connectivity index (χ0v) is 6.02. The van der Waals surface area contributed by atoms with Gasteiger partial charge < -0.3 is 20.4 Å². The molecular weight excluding hydrogens is 148 g/mol. The third-order valence-corrected chi connectivity index (χ3v) is 0.887. The Bertz CT molecular complexity index is 171. The summed E-state index contributed by atoms with van der Waals surface area (Å²) in [5, 5.41) is 33.0. The Hall–Kier alpha value is -1.42. The van der Waals surface area contributed by atoms with Crippen LogP contribution >= 0.6 is 0 Å². The van der Waals surface area contributed by atoms with Crippen LogP contribution in [0.25, 0.3) is 0 Å². The number of rotatable bonds is 0. The van der Waals surface area contributed by atoms with Gasteiger partial charge >= 0.3 is 0 Å². The highest BCUT2D eigenvalue weighted by atomic mass is 16.3. The lowest BCUT2D eigenvalue weighted by atomic mass is 10.3. The van der Waals surface area contributed by atoms with Crippen LogP contribution in [0.4, 0.5) is 0 Å². The molecule has 1 aromatic carbocycles. The Labute approximate surface area is 64.0 Å². The second-order valence-corrected chi connectivity index (χ2v) is 1.71. The predicted octanol–water partition coefficient (Wildman–Crippen LogP) is 0.412. The van der Waals surface area contributed by atoms with Crippen molar-refractivity contribution in [2.45, 2.75) is 0 Å². The summed E-state index contributed by atoms with van der Waals surface area (Å²) in [7, 11) is 1.00. The minimum absolute atomic E-state index is 0.146. The first-order valence-corrected chi connectivity index (χ1v) is 2.85. The van der Waals surface area contributed by atoms with E-state index in [4.69, 9.17) is 20.4 Å². The standard InChI is InChI=1S/C6H6O3.CH4O/c7-4-1-5(8)3-6(9)2-4;1-2/h1-3,7-9H;2H,1H3. The van der Waals surface area contributed by atoms with Crippen LogP contribution in [0.5, 0.6) is 17.2 Å². The average molecular weight is 158 g/mol. The molecule has 0 aromatic heterocycles. The fourth-order valence-electron chi connectivity index (χ4n) is 0.580. The smallest absolute Gasteiger partial charge is 0.122 e. The lowest BCUT2D eigenvalue weighted by Crippen LogP contribution is -1.66. The van der Waals surface area contributed by atoms with Gasteiger partial charge in [-0.25, -0.2) is 0 Å². The summed E-state index contributed by atoms with van der Waals surface area (Å²) in [6.07, 6.45) is 0. The van der Waals surface area contributed by atoms with E-state index in [1.54, 1.807) is 0 Å². The molecule has 62 valence electrons. The van der Waals surface area contributed by atoms with Crippen molar-refractivity contribution in [1.29, 1.82) is 0 Å². The van der Waals surface area contributed by atoms with Crippen LogP contribution in [-0.2, 0) is 0 Å². The van der Waals surface area contributed by atoms with Crippen LogP contribution in [0.1, 0.15) is 0 Å². The molecule has 1 aromatic rings. The van der Waals surface area contributed by atoms with Gasteiger partial charge in [-0.15, -0.1) is 0 Å². The van der Waals surface area contributed by atoms with E-state index in [0.717, 1.165) is 25.3 Å². The summed E-state index contributed by atoms with van der Waals surface area (Å²) < 4.78 is 0. The van der Waals surface area contributed by atoms with Crippen LogP contribution in [0.3, 0.4) is 0 Å². The van der Waals surface area contributed by atoms with E-state index in [1.807, 2.05) is 0 Å². The summed E-state index contributed by atoms with van der Waals surface area (Å²) in [6, 6.07) is 3.42. The number of benzene rings is 1. The molecule has 0 radical (unpaired) electrons. The van der Waals surface area contributed by atoms with Crippen LogP contribution in [0.15, 0.2) is 18.2 Å². The summed E-state index contributed by atoms with van der Waals surface area (Å²) in [5.41, 5.74) is 0. The molecule has 4 heteroatoms. The van der Waals surface area contributed by atoms with Gasteiger partial charge in [0.15, 0.2) is 0 Å². The van der Waals surface area contributed by atoms with Crippen molar-refractivity contribution in [2.24, 2.45) is 0 Å². The second kappa shape index (κ2) is 4.40. The highest BCUT2D eigenvalue weighted by Gasteiger charge is 1.94. The summed E-state index contributed by atoms with van der Waals surface area (Å²) in [6.45, 7) is 0. The lowest BCUT2D eigenvalue weighted by Gasteiger charge is -1.94. The van der Waals surface area contributed by atoms with Crippen LogP contribution in [-0.4, -0.2) is 27.5 Å². The molecule has 0 fully saturated rings. The summed E-state index contributed by atoms with van der Waals surface area (Å²) in [4.78, 5) is 0. The number of aliphatic hydroxyl groups excluding tert-OH is 1. The molecule has 0 unspecified atom stereocenters. The number of aromatic hydroxyl groups is 3. The third-order valence-electron chi connectivity index (χ3n) is 0.887. The zero-order chi connectivity index (χ0) is 8.85. The Morgan fingerprint density at radius 1 is 0.727 bits per heavy atom. The van der Waals surface area contributed by atoms with E-state index >= 15 is 0 Å². The van der Waals surface area contributed by atoms with Gasteiger partial charge in [-0.2, -0.15) is 0 Å². The van der Waals surface area contributed by atoms with Crippen molar-refractivity contribution in [3.8, 4) is 17.2 Å². The molecule has 0 atom stereocenters. The van der Waals surface area contributed by atoms with E-state index in [-0.39, 0.29) is 17.2 Å². The molecule has 0 spiro atoms. The summed E-state index contributed by atoms with van der Waals surface area (Å²) in [5.74, 6) is -0.437. The van der Waals surface area contributed by atoms with E-state index in [9.17, 15) is 0 Å². The molecule has 0 saturated heterocycles. The molecule has 11 heavy (non-hydrogen) atoms. The molecule has 0 aliphatic rings. The number of hydrogen-bond acceptors (Lipinski definition) is 4. The molecular formula is C7H10O4. The molecule has 0 aliphatic carbocycles. The van der Waals surface area contributed by atoms with Crippen molar-refractivity contribution >= 4 is 0 Å². The molecule has 0 amide bonds. The van der Waals surface area contributed by atoms with Gasteiger partial charge in [0.25, 0.3) is 0 Å². The Kier molecular flexibility index (Phi) is 3.84. The maximum Gasteiger partial charge on any atom is 0.122 e. The number of phenols is 3. The van der Waals surface area contributed by atoms with Gasteiger partial charge in [0.1, 0.15) is 17.2 Å². The van der Waals surface area contributed by atoms with E-state index in [2.05, 4.69) is 0 Å². The average Bonchev–Trinajstić information content (AvgIpc) is 1.88. The first-order chi connectivity index (χ1) is 5.18. The maximum atomic E-state index is 8.67. The molecule has 0 saturated carbocycles. The van der Waals surface area contributed by atoms with Crippen LogP contribution in [0, 0.1) is 0 Å². The molecule has 0 aliphatic heterocycles. The molecule has 4 N–H and O–H groups in total. The van der Waals surface area contributed by atoms with Gasteiger partial charge in [0, 0.05) is 25.3 Å². The third kappa shape index (κ3) is 3.32. The first-order valence-electron chi connectivity index (χ1n) is 2.85. The number of aliphatic hydroxyl groups is 1. The van der Waals surface area contributed by atoms with Crippen molar-refractivity contribution in [1.82, 2.24) is 0 Å². The Morgan fingerprint density at radius 2 is 0.909 bits per heavy atom. The van der Waals surface area contributed by atoms with Gasteiger partial charge in [-0.1, -0.05) is 0 Å². The fourth-order valence-corrected chi connectivity index (χ4v) is 0.580. The van der Waals surface area contributed by atoms with Gasteiger partial charge in [-0.3, -0.25) is 0 Å². The minimum Gasteiger partial charge on any atom is -0.508 e. The largest absolute Gasteiger partial charge is 0.508 e. The molecule has 0 bridgehead atoms. The topological polar surface area (TPSA) is 80.9 Å². The SMILES string of the molecule is CO.Oc1cc(O)cc(O)c1. The van der Waals surface area contributed by atoms with E-state index < -0.39 is 0 Å². The lowest BCUT2D eigenvalue weighted by molar-refractivity contribution is 0.399. The normalized spacial score (nSPS) is 8.18. The molecule has 0 heterocycles. The van der Waals surface area contributed by atoms with E-state index in [0.29, 0.717) is 0 Å². The minimum atomic E-state index is -0.146. The van der Waals surface area contributed by atoms with Crippen molar-refractivity contribution in [3.63, 3.8) is 0 Å². The number of hydrogen-bond donors (Lipinski definition) is 4. The maximum absolute atomic E-state index is 8.67. The van der Waals surface area contributed by atoms with E-state index in [1.165, 1.54) is 0 Å². The Balaban J connectivity index is 0.000000461. The Morgan fingerprint density at radius 3 is 1.09 bits per heavy atom. The zero-order valence-electron chi connectivity index (χ0n) is 6.02. The van der Waals surface area contributed by atoms with Crippen molar-refractivity contribution < 1.29 is 20.4 Å². The highest BCUT2D eigenvalue weighted by molar-refractivity contribution is 5.39. The van der Waals surface area contributed by atoms with Crippen molar-refractivity contribution in [3.05, 3.63) is 18.2 Å². The van der Waals surface area contributed by atoms with Crippen LogP contribution < -0.4 is 0 Å². The van der Waals surface area contributed by atoms with Crippen LogP contribution in [0.2, 0.25) is 0 Å². The fraction of sp³-hybridized carbons (Fsp3) is 0.143.